The van der Waals surface area contributed by atoms with Crippen molar-refractivity contribution in [3.05, 3.63) is 42.0 Å². The van der Waals surface area contributed by atoms with Gasteiger partial charge >= 0.3 is 0 Å². The van der Waals surface area contributed by atoms with Crippen LogP contribution in [0.25, 0.3) is 0 Å². The fourth-order valence-corrected chi connectivity index (χ4v) is 3.33. The first-order valence-electron chi connectivity index (χ1n) is 10.9. The number of nitrogens with zero attached hydrogens (tertiary/aromatic N) is 4. The number of hydrogen-bond donors (Lipinski definition) is 2. The van der Waals surface area contributed by atoms with Crippen LogP contribution in [0.5, 0.6) is 5.75 Å². The number of aromatic nitrogens is 3. The number of guanidine groups is 1. The monoisotopic (exact) mass is 542 g/mol. The number of rotatable bonds is 10. The van der Waals surface area contributed by atoms with Crippen LogP contribution in [0.1, 0.15) is 37.6 Å². The van der Waals surface area contributed by atoms with E-state index in [2.05, 4.69) is 51.4 Å². The Morgan fingerprint density at radius 2 is 2.03 bits per heavy atom. The fourth-order valence-electron chi connectivity index (χ4n) is 3.33. The van der Waals surface area contributed by atoms with E-state index >= 15 is 0 Å². The molecule has 8 nitrogen and oxygen atoms in total. The Morgan fingerprint density at radius 3 is 2.77 bits per heavy atom. The Balaban J connectivity index is 0.00000341. The van der Waals surface area contributed by atoms with Gasteiger partial charge in [-0.1, -0.05) is 24.6 Å². The third-order valence-corrected chi connectivity index (χ3v) is 5.07. The summed E-state index contributed by atoms with van der Waals surface area (Å²) in [5, 5.41) is 14.9. The molecule has 1 atom stereocenters. The zero-order valence-corrected chi connectivity index (χ0v) is 20.9. The van der Waals surface area contributed by atoms with Crippen LogP contribution in [0.4, 0.5) is 0 Å². The third-order valence-electron chi connectivity index (χ3n) is 5.07. The summed E-state index contributed by atoms with van der Waals surface area (Å²) in [5.74, 6) is 2.65. The molecule has 31 heavy (non-hydrogen) atoms. The van der Waals surface area contributed by atoms with Gasteiger partial charge in [0.05, 0.1) is 19.2 Å². The van der Waals surface area contributed by atoms with Gasteiger partial charge in [-0.05, 0) is 38.3 Å². The summed E-state index contributed by atoms with van der Waals surface area (Å²) in [6.45, 7) is 8.42. The molecule has 9 heteroatoms. The van der Waals surface area contributed by atoms with E-state index in [1.54, 1.807) is 6.33 Å². The Morgan fingerprint density at radius 1 is 1.23 bits per heavy atom. The van der Waals surface area contributed by atoms with E-state index in [1.807, 2.05) is 12.1 Å². The molecule has 0 amide bonds. The molecule has 1 aliphatic heterocycles. The maximum Gasteiger partial charge on any atom is 0.191 e. The van der Waals surface area contributed by atoms with Gasteiger partial charge in [-0.25, -0.2) is 0 Å². The number of aryl methyl sites for hydroxylation is 2. The average Bonchev–Trinajstić information content (AvgIpc) is 3.24. The molecule has 1 aromatic carbocycles. The normalized spacial score (nSPS) is 16.5. The van der Waals surface area contributed by atoms with Crippen LogP contribution in [-0.4, -0.2) is 59.7 Å². The van der Waals surface area contributed by atoms with E-state index < -0.39 is 0 Å². The fraction of sp³-hybridized carbons (Fsp3) is 0.591. The van der Waals surface area contributed by atoms with Crippen LogP contribution < -0.4 is 15.4 Å². The van der Waals surface area contributed by atoms with Crippen molar-refractivity contribution < 1.29 is 9.47 Å². The standard InChI is InChI=1S/C22H34N6O2.HI/c1-3-21-27-26-17-28(21)13-11-23-22(25-16-20-6-4-5-14-29-20)24-12-15-30-19-9-7-18(2)8-10-19;/h7-10,17,20H,3-6,11-16H2,1-2H3,(H2,23,24,25);1H. The van der Waals surface area contributed by atoms with Crippen molar-refractivity contribution in [2.45, 2.75) is 52.2 Å². The Labute approximate surface area is 202 Å². The van der Waals surface area contributed by atoms with Gasteiger partial charge in [-0.3, -0.25) is 4.99 Å². The van der Waals surface area contributed by atoms with Gasteiger partial charge in [-0.2, -0.15) is 0 Å². The topological polar surface area (TPSA) is 85.6 Å². The first-order chi connectivity index (χ1) is 14.7. The van der Waals surface area contributed by atoms with Gasteiger partial charge in [0.1, 0.15) is 24.5 Å². The molecule has 0 aliphatic carbocycles. The molecule has 0 saturated carbocycles. The van der Waals surface area contributed by atoms with E-state index in [0.717, 1.165) is 56.5 Å². The lowest BCUT2D eigenvalue weighted by molar-refractivity contribution is 0.0224. The number of hydrogen-bond acceptors (Lipinski definition) is 5. The van der Waals surface area contributed by atoms with Gasteiger partial charge in [0.15, 0.2) is 5.96 Å². The molecule has 2 aromatic rings. The molecule has 1 aromatic heterocycles. The maximum atomic E-state index is 5.81. The van der Waals surface area contributed by atoms with Crippen LogP contribution in [-0.2, 0) is 17.7 Å². The number of aliphatic imine (C=N–C) groups is 1. The van der Waals surface area contributed by atoms with Crippen LogP contribution in [0.2, 0.25) is 0 Å². The lowest BCUT2D eigenvalue weighted by Crippen LogP contribution is -2.41. The highest BCUT2D eigenvalue weighted by molar-refractivity contribution is 14.0. The molecule has 1 aliphatic rings. The molecular weight excluding hydrogens is 507 g/mol. The molecule has 2 N–H and O–H groups in total. The predicted molar refractivity (Wildman–Crippen MR) is 133 cm³/mol. The molecule has 3 rings (SSSR count). The van der Waals surface area contributed by atoms with Gasteiger partial charge < -0.3 is 24.7 Å². The van der Waals surface area contributed by atoms with Crippen molar-refractivity contribution in [3.8, 4) is 5.75 Å². The molecule has 0 radical (unpaired) electrons. The molecule has 1 fully saturated rings. The first kappa shape index (κ1) is 25.4. The second-order valence-electron chi connectivity index (χ2n) is 7.49. The Bertz CT molecular complexity index is 775. The molecule has 1 unspecified atom stereocenters. The maximum absolute atomic E-state index is 5.81. The second-order valence-corrected chi connectivity index (χ2v) is 7.49. The predicted octanol–water partition coefficient (Wildman–Crippen LogP) is 2.95. The Hall–Kier alpha value is -1.88. The van der Waals surface area contributed by atoms with E-state index in [4.69, 9.17) is 14.5 Å². The van der Waals surface area contributed by atoms with Gasteiger partial charge in [0, 0.05) is 26.1 Å². The molecular formula is C22H35IN6O2. The van der Waals surface area contributed by atoms with Crippen LogP contribution in [0, 0.1) is 6.92 Å². The van der Waals surface area contributed by atoms with E-state index in [-0.39, 0.29) is 30.1 Å². The summed E-state index contributed by atoms with van der Waals surface area (Å²) in [6.07, 6.45) is 6.30. The minimum atomic E-state index is 0. The summed E-state index contributed by atoms with van der Waals surface area (Å²) in [7, 11) is 0. The van der Waals surface area contributed by atoms with Crippen molar-refractivity contribution in [1.82, 2.24) is 25.4 Å². The number of halogens is 1. The molecule has 172 valence electrons. The third kappa shape index (κ3) is 9.02. The minimum absolute atomic E-state index is 0. The van der Waals surface area contributed by atoms with Gasteiger partial charge in [-0.15, -0.1) is 34.2 Å². The summed E-state index contributed by atoms with van der Waals surface area (Å²) in [6, 6.07) is 8.09. The minimum Gasteiger partial charge on any atom is -0.492 e. The van der Waals surface area contributed by atoms with Crippen molar-refractivity contribution in [2.75, 3.05) is 32.8 Å². The lowest BCUT2D eigenvalue weighted by atomic mass is 10.1. The molecule has 1 saturated heterocycles. The number of ether oxygens (including phenoxy) is 2. The summed E-state index contributed by atoms with van der Waals surface area (Å²) in [5.41, 5.74) is 1.23. The highest BCUT2D eigenvalue weighted by Gasteiger charge is 2.13. The SMILES string of the molecule is CCc1nncn1CCNC(=NCC1CCCCO1)NCCOc1ccc(C)cc1.I. The molecule has 2 heterocycles. The largest absolute Gasteiger partial charge is 0.492 e. The van der Waals surface area contributed by atoms with Crippen LogP contribution >= 0.6 is 24.0 Å². The Kier molecular flexibility index (Phi) is 11.7. The van der Waals surface area contributed by atoms with E-state index in [0.29, 0.717) is 19.7 Å². The quantitative estimate of drug-likeness (QED) is 0.208. The molecule has 0 bridgehead atoms. The average molecular weight is 542 g/mol. The summed E-state index contributed by atoms with van der Waals surface area (Å²) >= 11 is 0. The number of benzene rings is 1. The number of nitrogens with one attached hydrogen (secondary N) is 2. The summed E-state index contributed by atoms with van der Waals surface area (Å²) in [4.78, 5) is 4.74. The smallest absolute Gasteiger partial charge is 0.191 e. The van der Waals surface area contributed by atoms with Crippen molar-refractivity contribution in [1.29, 1.82) is 0 Å². The second kappa shape index (κ2) is 14.2. The van der Waals surface area contributed by atoms with Gasteiger partial charge in [0.2, 0.25) is 0 Å². The zero-order chi connectivity index (χ0) is 21.0. The molecule has 0 spiro atoms. The van der Waals surface area contributed by atoms with E-state index in [1.165, 1.54) is 12.0 Å². The highest BCUT2D eigenvalue weighted by atomic mass is 127. The van der Waals surface area contributed by atoms with Gasteiger partial charge in [0.25, 0.3) is 0 Å². The van der Waals surface area contributed by atoms with Crippen LogP contribution in [0.15, 0.2) is 35.6 Å². The highest BCUT2D eigenvalue weighted by Crippen LogP contribution is 2.13. The van der Waals surface area contributed by atoms with Crippen molar-refractivity contribution in [3.63, 3.8) is 0 Å². The van der Waals surface area contributed by atoms with Crippen LogP contribution in [0.3, 0.4) is 0 Å². The summed E-state index contributed by atoms with van der Waals surface area (Å²) < 4.78 is 13.7. The van der Waals surface area contributed by atoms with Crippen molar-refractivity contribution >= 4 is 29.9 Å². The van der Waals surface area contributed by atoms with E-state index in [9.17, 15) is 0 Å². The first-order valence-corrected chi connectivity index (χ1v) is 10.9. The lowest BCUT2D eigenvalue weighted by Gasteiger charge is -2.21. The zero-order valence-electron chi connectivity index (χ0n) is 18.5. The van der Waals surface area contributed by atoms with Crippen molar-refractivity contribution in [2.24, 2.45) is 4.99 Å².